The summed E-state index contributed by atoms with van der Waals surface area (Å²) in [7, 11) is 0. The highest BCUT2D eigenvalue weighted by Crippen LogP contribution is 2.24. The van der Waals surface area contributed by atoms with Gasteiger partial charge in [-0.05, 0) is 62.6 Å². The molecule has 0 aliphatic carbocycles. The van der Waals surface area contributed by atoms with E-state index in [2.05, 4.69) is 27.4 Å². The molecule has 0 saturated heterocycles. The molecule has 0 fully saturated rings. The molecule has 7 nitrogen and oxygen atoms in total. The van der Waals surface area contributed by atoms with Crippen LogP contribution >= 0.6 is 0 Å². The summed E-state index contributed by atoms with van der Waals surface area (Å²) in [6.45, 7) is 3.34. The molecule has 0 spiro atoms. The zero-order chi connectivity index (χ0) is 22.1. The van der Waals surface area contributed by atoms with Crippen molar-refractivity contribution in [1.29, 1.82) is 0 Å². The van der Waals surface area contributed by atoms with Crippen molar-refractivity contribution in [2.45, 2.75) is 64.2 Å². The summed E-state index contributed by atoms with van der Waals surface area (Å²) in [6.07, 6.45) is 7.27. The molecule has 0 bridgehead atoms. The van der Waals surface area contributed by atoms with E-state index in [1.165, 1.54) is 11.8 Å². The summed E-state index contributed by atoms with van der Waals surface area (Å²) in [5.41, 5.74) is 2.92. The Kier molecular flexibility index (Phi) is 8.38. The van der Waals surface area contributed by atoms with Gasteiger partial charge in [0, 0.05) is 37.3 Å². The second-order valence-electron chi connectivity index (χ2n) is 7.88. The van der Waals surface area contributed by atoms with Crippen molar-refractivity contribution in [2.24, 2.45) is 0 Å². The summed E-state index contributed by atoms with van der Waals surface area (Å²) in [4.78, 5) is 32.8. The van der Waals surface area contributed by atoms with Gasteiger partial charge in [-0.15, -0.1) is 0 Å². The van der Waals surface area contributed by atoms with Crippen LogP contribution in [0.2, 0.25) is 0 Å². The molecule has 0 aromatic carbocycles. The Morgan fingerprint density at radius 3 is 2.81 bits per heavy atom. The van der Waals surface area contributed by atoms with Crippen LogP contribution in [-0.4, -0.2) is 40.0 Å². The van der Waals surface area contributed by atoms with E-state index >= 15 is 0 Å². The van der Waals surface area contributed by atoms with Gasteiger partial charge in [0.15, 0.2) is 0 Å². The monoisotopic (exact) mass is 425 g/mol. The number of unbranched alkanes of at least 4 members (excludes halogenated alkanes) is 1. The number of aryl methyl sites for hydroxylation is 2. The molecule has 0 amide bonds. The lowest BCUT2D eigenvalue weighted by molar-refractivity contribution is -0.139. The highest BCUT2D eigenvalue weighted by molar-refractivity contribution is 5.80. The van der Waals surface area contributed by atoms with Crippen LogP contribution in [0.1, 0.15) is 68.2 Å². The third-order valence-corrected chi connectivity index (χ3v) is 5.55. The van der Waals surface area contributed by atoms with Gasteiger partial charge in [-0.3, -0.25) is 9.59 Å². The molecule has 3 rings (SSSR count). The molecule has 2 aromatic rings. The van der Waals surface area contributed by atoms with E-state index in [4.69, 9.17) is 4.74 Å². The second kappa shape index (κ2) is 11.4. The van der Waals surface area contributed by atoms with Gasteiger partial charge in [0.2, 0.25) is 5.88 Å². The van der Waals surface area contributed by atoms with Crippen molar-refractivity contribution < 1.29 is 19.4 Å². The van der Waals surface area contributed by atoms with Crippen molar-refractivity contribution in [3.05, 3.63) is 47.3 Å². The van der Waals surface area contributed by atoms with Gasteiger partial charge in [0.25, 0.3) is 0 Å². The number of carbonyl (C=O) groups is 2. The number of nitrogens with one attached hydrogen (secondary N) is 1. The molecular weight excluding hydrogens is 394 g/mol. The first kappa shape index (κ1) is 22.7. The molecule has 0 unspecified atom stereocenters. The molecule has 7 heteroatoms. The Balaban J connectivity index is 1.40. The first-order valence-corrected chi connectivity index (χ1v) is 11.1. The number of rotatable bonds is 12. The number of ether oxygens (including phenoxy) is 1. The van der Waals surface area contributed by atoms with E-state index in [9.17, 15) is 14.7 Å². The number of pyridine rings is 2. The number of fused-ring (bicyclic) bond motifs is 1. The maximum absolute atomic E-state index is 12.3. The van der Waals surface area contributed by atoms with Gasteiger partial charge in [-0.1, -0.05) is 12.1 Å². The standard InChI is InChI=1S/C24H31N3O4/c1-2-31-22-14-10-18(16-26-22)21(24(29)30)13-12-20(28)8-4-3-7-19-11-9-17-6-5-15-25-23(17)27-19/h9-11,14,16,21H,2-8,12-13,15H2,1H3,(H,25,27)(H,29,30)/t21-/m1/s1. The molecule has 1 aliphatic rings. The number of carboxylic acid groups (broad SMARTS) is 1. The SMILES string of the molecule is CCOc1ccc([C@@H](CCC(=O)CCCCc2ccc3c(n2)NCCC3)C(=O)O)cn1. The van der Waals surface area contributed by atoms with Crippen LogP contribution in [0.5, 0.6) is 5.88 Å². The van der Waals surface area contributed by atoms with Crippen LogP contribution in [0.25, 0.3) is 0 Å². The smallest absolute Gasteiger partial charge is 0.311 e. The Hall–Kier alpha value is -2.96. The molecule has 1 atom stereocenters. The molecule has 1 aliphatic heterocycles. The first-order chi connectivity index (χ1) is 15.1. The predicted molar refractivity (Wildman–Crippen MR) is 119 cm³/mol. The van der Waals surface area contributed by atoms with Gasteiger partial charge < -0.3 is 15.2 Å². The van der Waals surface area contributed by atoms with Crippen LogP contribution < -0.4 is 10.1 Å². The Morgan fingerprint density at radius 1 is 1.19 bits per heavy atom. The lowest BCUT2D eigenvalue weighted by Crippen LogP contribution is -2.14. The van der Waals surface area contributed by atoms with Crippen LogP contribution in [0, 0.1) is 0 Å². The summed E-state index contributed by atoms with van der Waals surface area (Å²) in [5, 5.41) is 12.9. The van der Waals surface area contributed by atoms with E-state index in [1.54, 1.807) is 12.1 Å². The molecule has 166 valence electrons. The van der Waals surface area contributed by atoms with E-state index in [0.717, 1.165) is 50.2 Å². The summed E-state index contributed by atoms with van der Waals surface area (Å²) >= 11 is 0. The maximum Gasteiger partial charge on any atom is 0.311 e. The minimum atomic E-state index is -0.939. The zero-order valence-electron chi connectivity index (χ0n) is 18.1. The number of carbonyl (C=O) groups excluding carboxylic acids is 1. The fraction of sp³-hybridized carbons (Fsp3) is 0.500. The molecule has 3 heterocycles. The number of Topliss-reactive ketones (excluding diaryl/α,β-unsaturated/α-hetero) is 1. The molecule has 2 aromatic heterocycles. The number of ketones is 1. The topological polar surface area (TPSA) is 101 Å². The predicted octanol–water partition coefficient (Wildman–Crippen LogP) is 4.16. The highest BCUT2D eigenvalue weighted by atomic mass is 16.5. The number of aromatic nitrogens is 2. The Morgan fingerprint density at radius 2 is 2.06 bits per heavy atom. The average molecular weight is 426 g/mol. The van der Waals surface area contributed by atoms with Crippen LogP contribution in [0.4, 0.5) is 5.82 Å². The maximum atomic E-state index is 12.3. The van der Waals surface area contributed by atoms with Crippen molar-refractivity contribution >= 4 is 17.6 Å². The third kappa shape index (κ3) is 6.77. The van der Waals surface area contributed by atoms with Crippen LogP contribution in [0.3, 0.4) is 0 Å². The summed E-state index contributed by atoms with van der Waals surface area (Å²) < 4.78 is 5.29. The third-order valence-electron chi connectivity index (χ3n) is 5.55. The Bertz CT molecular complexity index is 883. The lowest BCUT2D eigenvalue weighted by atomic mass is 9.93. The normalized spacial score (nSPS) is 13.7. The zero-order valence-corrected chi connectivity index (χ0v) is 18.1. The van der Waals surface area contributed by atoms with E-state index in [-0.39, 0.29) is 18.6 Å². The molecule has 31 heavy (non-hydrogen) atoms. The van der Waals surface area contributed by atoms with Gasteiger partial charge in [-0.25, -0.2) is 9.97 Å². The fourth-order valence-corrected chi connectivity index (χ4v) is 3.83. The van der Waals surface area contributed by atoms with Crippen LogP contribution in [0.15, 0.2) is 30.5 Å². The summed E-state index contributed by atoms with van der Waals surface area (Å²) in [6, 6.07) is 7.61. The van der Waals surface area contributed by atoms with E-state index in [1.807, 2.05) is 6.92 Å². The number of carboxylic acids is 1. The van der Waals surface area contributed by atoms with Gasteiger partial charge in [0.1, 0.15) is 11.6 Å². The fourth-order valence-electron chi connectivity index (χ4n) is 3.83. The van der Waals surface area contributed by atoms with Gasteiger partial charge in [0.05, 0.1) is 12.5 Å². The molecule has 2 N–H and O–H groups in total. The largest absolute Gasteiger partial charge is 0.481 e. The lowest BCUT2D eigenvalue weighted by Gasteiger charge is -2.17. The number of hydrogen-bond acceptors (Lipinski definition) is 6. The minimum Gasteiger partial charge on any atom is -0.481 e. The highest BCUT2D eigenvalue weighted by Gasteiger charge is 2.21. The van der Waals surface area contributed by atoms with E-state index < -0.39 is 11.9 Å². The van der Waals surface area contributed by atoms with Crippen molar-refractivity contribution in [1.82, 2.24) is 9.97 Å². The minimum absolute atomic E-state index is 0.102. The number of hydrogen-bond donors (Lipinski definition) is 2. The van der Waals surface area contributed by atoms with E-state index in [0.29, 0.717) is 24.5 Å². The number of nitrogens with zero attached hydrogens (tertiary/aromatic N) is 2. The van der Waals surface area contributed by atoms with Gasteiger partial charge in [-0.2, -0.15) is 0 Å². The number of anilines is 1. The molecule has 0 saturated carbocycles. The average Bonchev–Trinajstić information content (AvgIpc) is 2.78. The van der Waals surface area contributed by atoms with Crippen LogP contribution in [-0.2, 0) is 22.4 Å². The summed E-state index contributed by atoms with van der Waals surface area (Å²) in [5.74, 6) is -0.102. The first-order valence-electron chi connectivity index (χ1n) is 11.1. The van der Waals surface area contributed by atoms with Crippen molar-refractivity contribution in [3.8, 4) is 5.88 Å². The molecule has 0 radical (unpaired) electrons. The Labute approximate surface area is 183 Å². The second-order valence-corrected chi connectivity index (χ2v) is 7.88. The number of aliphatic carboxylic acids is 1. The van der Waals surface area contributed by atoms with Gasteiger partial charge >= 0.3 is 5.97 Å². The molecular formula is C24H31N3O4. The van der Waals surface area contributed by atoms with Crippen molar-refractivity contribution in [2.75, 3.05) is 18.5 Å². The quantitative estimate of drug-likeness (QED) is 0.492. The van der Waals surface area contributed by atoms with Crippen molar-refractivity contribution in [3.63, 3.8) is 0 Å².